The maximum Gasteiger partial charge on any atom is 0.243 e. The van der Waals surface area contributed by atoms with Crippen molar-refractivity contribution in [3.63, 3.8) is 0 Å². The smallest absolute Gasteiger partial charge is 0.243 e. The summed E-state index contributed by atoms with van der Waals surface area (Å²) in [6.07, 6.45) is 1.45. The number of benzene rings is 3. The first-order valence-corrected chi connectivity index (χ1v) is 12.5. The van der Waals surface area contributed by atoms with Crippen LogP contribution in [0.25, 0.3) is 0 Å². The van der Waals surface area contributed by atoms with Crippen molar-refractivity contribution in [3.8, 4) is 0 Å². The van der Waals surface area contributed by atoms with Gasteiger partial charge in [0.2, 0.25) is 11.8 Å². The van der Waals surface area contributed by atoms with E-state index in [1.807, 2.05) is 68.4 Å². The second-order valence-corrected chi connectivity index (χ2v) is 9.92. The lowest BCUT2D eigenvalue weighted by atomic mass is 10.0. The molecule has 5 heteroatoms. The Hall–Kier alpha value is -2.92. The molecule has 178 valence electrons. The summed E-state index contributed by atoms with van der Waals surface area (Å²) < 4.78 is 0.979. The summed E-state index contributed by atoms with van der Waals surface area (Å²) >= 11 is 3.48. The number of halogens is 1. The van der Waals surface area contributed by atoms with Gasteiger partial charge in [-0.25, -0.2) is 0 Å². The van der Waals surface area contributed by atoms with E-state index in [9.17, 15) is 9.59 Å². The van der Waals surface area contributed by atoms with Gasteiger partial charge in [0.25, 0.3) is 0 Å². The number of carbonyl (C=O) groups excluding carboxylic acids is 2. The zero-order valence-corrected chi connectivity index (χ0v) is 21.7. The summed E-state index contributed by atoms with van der Waals surface area (Å²) in [5.74, 6) is -0.150. The van der Waals surface area contributed by atoms with Crippen LogP contribution in [0.3, 0.4) is 0 Å². The van der Waals surface area contributed by atoms with Gasteiger partial charge < -0.3 is 10.2 Å². The Kier molecular flexibility index (Phi) is 9.46. The fourth-order valence-corrected chi connectivity index (χ4v) is 4.14. The van der Waals surface area contributed by atoms with Gasteiger partial charge in [0.05, 0.1) is 0 Å². The molecular formula is C29H33BrN2O2. The summed E-state index contributed by atoms with van der Waals surface area (Å²) in [6, 6.07) is 25.4. The molecule has 0 saturated heterocycles. The Morgan fingerprint density at radius 3 is 2.09 bits per heavy atom. The number of nitrogens with zero attached hydrogens (tertiary/aromatic N) is 1. The van der Waals surface area contributed by atoms with Crippen LogP contribution in [0, 0.1) is 6.92 Å². The second-order valence-electron chi connectivity index (χ2n) is 9.00. The molecule has 3 aromatic carbocycles. The van der Waals surface area contributed by atoms with Gasteiger partial charge in [0.15, 0.2) is 0 Å². The summed E-state index contributed by atoms with van der Waals surface area (Å²) in [4.78, 5) is 28.7. The minimum atomic E-state index is -0.598. The van der Waals surface area contributed by atoms with Crippen molar-refractivity contribution in [3.05, 3.63) is 106 Å². The van der Waals surface area contributed by atoms with Crippen molar-refractivity contribution in [2.75, 3.05) is 0 Å². The van der Waals surface area contributed by atoms with Crippen LogP contribution in [0.5, 0.6) is 0 Å². The van der Waals surface area contributed by atoms with Crippen molar-refractivity contribution in [1.82, 2.24) is 10.2 Å². The molecular weight excluding hydrogens is 488 g/mol. The van der Waals surface area contributed by atoms with Crippen LogP contribution >= 0.6 is 15.9 Å². The van der Waals surface area contributed by atoms with E-state index in [0.29, 0.717) is 25.8 Å². The number of hydrogen-bond donors (Lipinski definition) is 1. The molecule has 0 aromatic heterocycles. The second kappa shape index (κ2) is 12.5. The first-order valence-electron chi connectivity index (χ1n) is 11.8. The maximum absolute atomic E-state index is 13.6. The van der Waals surface area contributed by atoms with Crippen LogP contribution in [-0.2, 0) is 29.0 Å². The zero-order chi connectivity index (χ0) is 24.5. The summed E-state index contributed by atoms with van der Waals surface area (Å²) in [7, 11) is 0. The third-order valence-corrected chi connectivity index (χ3v) is 6.25. The summed E-state index contributed by atoms with van der Waals surface area (Å²) in [5.41, 5.74) is 4.33. The van der Waals surface area contributed by atoms with Crippen LogP contribution < -0.4 is 5.32 Å². The Balaban J connectivity index is 1.89. The molecule has 0 heterocycles. The number of hydrogen-bond acceptors (Lipinski definition) is 2. The molecule has 3 aromatic rings. The van der Waals surface area contributed by atoms with Gasteiger partial charge >= 0.3 is 0 Å². The molecule has 1 unspecified atom stereocenters. The average molecular weight is 521 g/mol. The summed E-state index contributed by atoms with van der Waals surface area (Å²) in [6.45, 7) is 6.31. The molecule has 0 aliphatic heterocycles. The number of carbonyl (C=O) groups is 2. The van der Waals surface area contributed by atoms with Gasteiger partial charge in [-0.15, -0.1) is 0 Å². The van der Waals surface area contributed by atoms with Crippen LogP contribution in [0.1, 0.15) is 42.5 Å². The molecule has 0 spiro atoms. The largest absolute Gasteiger partial charge is 0.352 e. The molecule has 0 radical (unpaired) electrons. The van der Waals surface area contributed by atoms with Crippen LogP contribution in [-0.4, -0.2) is 28.8 Å². The van der Waals surface area contributed by atoms with E-state index in [4.69, 9.17) is 0 Å². The minimum Gasteiger partial charge on any atom is -0.352 e. The number of amides is 2. The Labute approximate surface area is 211 Å². The van der Waals surface area contributed by atoms with E-state index in [1.54, 1.807) is 4.90 Å². The predicted molar refractivity (Wildman–Crippen MR) is 141 cm³/mol. The topological polar surface area (TPSA) is 49.4 Å². The van der Waals surface area contributed by atoms with Crippen LogP contribution in [0.2, 0.25) is 0 Å². The SMILES string of the molecule is Cc1ccc(CCC(=O)N(Cc2ccc(Br)cc2)C(Cc2ccccc2)C(=O)NC(C)C)cc1. The molecule has 4 nitrogen and oxygen atoms in total. The fourth-order valence-electron chi connectivity index (χ4n) is 3.87. The van der Waals surface area contributed by atoms with Crippen molar-refractivity contribution in [2.24, 2.45) is 0 Å². The van der Waals surface area contributed by atoms with E-state index >= 15 is 0 Å². The third-order valence-electron chi connectivity index (χ3n) is 5.72. The van der Waals surface area contributed by atoms with E-state index < -0.39 is 6.04 Å². The van der Waals surface area contributed by atoms with E-state index in [-0.39, 0.29) is 17.9 Å². The van der Waals surface area contributed by atoms with Crippen LogP contribution in [0.4, 0.5) is 0 Å². The van der Waals surface area contributed by atoms with E-state index in [0.717, 1.165) is 21.2 Å². The number of aryl methyl sites for hydroxylation is 2. The number of nitrogens with one attached hydrogen (secondary N) is 1. The molecule has 0 saturated carbocycles. The van der Waals surface area contributed by atoms with Gasteiger partial charge in [-0.1, -0.05) is 88.2 Å². The highest BCUT2D eigenvalue weighted by Gasteiger charge is 2.30. The Morgan fingerprint density at radius 1 is 0.853 bits per heavy atom. The molecule has 2 amide bonds. The first-order chi connectivity index (χ1) is 16.3. The monoisotopic (exact) mass is 520 g/mol. The van der Waals surface area contributed by atoms with Crippen molar-refractivity contribution in [2.45, 2.75) is 58.7 Å². The highest BCUT2D eigenvalue weighted by atomic mass is 79.9. The molecule has 0 bridgehead atoms. The first kappa shape index (κ1) is 25.7. The number of rotatable bonds is 10. The zero-order valence-electron chi connectivity index (χ0n) is 20.1. The van der Waals surface area contributed by atoms with Gasteiger partial charge in [0, 0.05) is 29.9 Å². The van der Waals surface area contributed by atoms with Gasteiger partial charge in [-0.2, -0.15) is 0 Å². The molecule has 0 aliphatic carbocycles. The standard InChI is InChI=1S/C29H33BrN2O2/c1-21(2)31-29(34)27(19-24-7-5-4-6-8-24)32(20-25-13-16-26(30)17-14-25)28(33)18-15-23-11-9-22(3)10-12-23/h4-14,16-17,21,27H,15,18-20H2,1-3H3,(H,31,34). The highest BCUT2D eigenvalue weighted by Crippen LogP contribution is 2.19. The normalized spacial score (nSPS) is 11.8. The van der Waals surface area contributed by atoms with E-state index in [1.165, 1.54) is 5.56 Å². The molecule has 1 N–H and O–H groups in total. The lowest BCUT2D eigenvalue weighted by Crippen LogP contribution is -2.51. The lowest BCUT2D eigenvalue weighted by Gasteiger charge is -2.32. The quantitative estimate of drug-likeness (QED) is 0.364. The minimum absolute atomic E-state index is 0.0111. The molecule has 3 rings (SSSR count). The van der Waals surface area contributed by atoms with Crippen molar-refractivity contribution < 1.29 is 9.59 Å². The van der Waals surface area contributed by atoms with E-state index in [2.05, 4.69) is 52.4 Å². The molecule has 0 aliphatic rings. The predicted octanol–water partition coefficient (Wildman–Crippen LogP) is 5.85. The fraction of sp³-hybridized carbons (Fsp3) is 0.310. The van der Waals surface area contributed by atoms with Gasteiger partial charge in [0.1, 0.15) is 6.04 Å². The summed E-state index contributed by atoms with van der Waals surface area (Å²) in [5, 5.41) is 3.03. The average Bonchev–Trinajstić information content (AvgIpc) is 2.82. The van der Waals surface area contributed by atoms with Gasteiger partial charge in [-0.3, -0.25) is 9.59 Å². The molecule has 1 atom stereocenters. The lowest BCUT2D eigenvalue weighted by molar-refractivity contribution is -0.141. The molecule has 0 fully saturated rings. The Bertz CT molecular complexity index is 1060. The third kappa shape index (κ3) is 7.84. The molecule has 34 heavy (non-hydrogen) atoms. The maximum atomic E-state index is 13.6. The van der Waals surface area contributed by atoms with Crippen molar-refractivity contribution in [1.29, 1.82) is 0 Å². The van der Waals surface area contributed by atoms with Gasteiger partial charge in [-0.05, 0) is 56.0 Å². The van der Waals surface area contributed by atoms with Crippen molar-refractivity contribution >= 4 is 27.7 Å². The Morgan fingerprint density at radius 2 is 1.47 bits per heavy atom. The highest BCUT2D eigenvalue weighted by molar-refractivity contribution is 9.10. The van der Waals surface area contributed by atoms with Crippen LogP contribution in [0.15, 0.2) is 83.3 Å².